The van der Waals surface area contributed by atoms with Gasteiger partial charge >= 0.3 is 12.4 Å². The molecule has 0 spiro atoms. The predicted molar refractivity (Wildman–Crippen MR) is 108 cm³/mol. The van der Waals surface area contributed by atoms with Crippen molar-refractivity contribution in [3.8, 4) is 11.6 Å². The monoisotopic (exact) mass is 481 g/mol. The molecule has 2 heterocycles. The first kappa shape index (κ1) is 23.0. The van der Waals surface area contributed by atoms with E-state index in [9.17, 15) is 31.1 Å². The molecule has 13 heteroatoms. The van der Waals surface area contributed by atoms with Gasteiger partial charge in [-0.25, -0.2) is 15.0 Å². The minimum Gasteiger partial charge on any atom is -0.497 e. The highest BCUT2D eigenvalue weighted by molar-refractivity contribution is 6.04. The van der Waals surface area contributed by atoms with Gasteiger partial charge in [-0.15, -0.1) is 0 Å². The lowest BCUT2D eigenvalue weighted by atomic mass is 10.1. The highest BCUT2D eigenvalue weighted by atomic mass is 19.4. The normalized spacial score (nSPS) is 12.1. The number of anilines is 1. The van der Waals surface area contributed by atoms with Crippen molar-refractivity contribution < 1.29 is 35.9 Å². The largest absolute Gasteiger partial charge is 0.497 e. The van der Waals surface area contributed by atoms with Crippen LogP contribution in [0, 0.1) is 0 Å². The number of hydrogen-bond acceptors (Lipinski definition) is 5. The van der Waals surface area contributed by atoms with Crippen molar-refractivity contribution in [2.45, 2.75) is 12.4 Å². The molecule has 0 saturated carbocycles. The van der Waals surface area contributed by atoms with Crippen LogP contribution in [0.15, 0.2) is 54.9 Å². The molecule has 0 saturated heterocycles. The lowest BCUT2D eigenvalue weighted by molar-refractivity contribution is -0.145. The van der Waals surface area contributed by atoms with Crippen molar-refractivity contribution in [1.29, 1.82) is 0 Å². The molecule has 0 aliphatic rings. The van der Waals surface area contributed by atoms with E-state index in [4.69, 9.17) is 4.74 Å². The summed E-state index contributed by atoms with van der Waals surface area (Å²) in [7, 11) is 1.36. The van der Waals surface area contributed by atoms with Crippen molar-refractivity contribution in [2.75, 3.05) is 12.4 Å². The number of methoxy groups -OCH3 is 1. The highest BCUT2D eigenvalue weighted by Gasteiger charge is 2.39. The van der Waals surface area contributed by atoms with Gasteiger partial charge in [0.05, 0.1) is 41.7 Å². The number of carbonyl (C=O) groups excluding carboxylic acids is 1. The van der Waals surface area contributed by atoms with Crippen molar-refractivity contribution in [1.82, 2.24) is 19.5 Å². The second-order valence-electron chi connectivity index (χ2n) is 6.88. The lowest BCUT2D eigenvalue weighted by Crippen LogP contribution is -2.19. The zero-order valence-electron chi connectivity index (χ0n) is 17.1. The van der Waals surface area contributed by atoms with Crippen LogP contribution < -0.4 is 10.1 Å². The fraction of sp³-hybridized carbons (Fsp3) is 0.143. The first-order chi connectivity index (χ1) is 16.0. The molecule has 0 aliphatic heterocycles. The minimum atomic E-state index is -4.83. The molecule has 176 valence electrons. The van der Waals surface area contributed by atoms with Crippen LogP contribution in [0.25, 0.3) is 16.9 Å². The molecule has 0 unspecified atom stereocenters. The van der Waals surface area contributed by atoms with Gasteiger partial charge in [0, 0.05) is 6.07 Å². The first-order valence-corrected chi connectivity index (χ1v) is 9.42. The minimum absolute atomic E-state index is 0.00499. The molecule has 34 heavy (non-hydrogen) atoms. The van der Waals surface area contributed by atoms with Crippen molar-refractivity contribution in [3.63, 3.8) is 0 Å². The fourth-order valence-electron chi connectivity index (χ4n) is 3.22. The van der Waals surface area contributed by atoms with Crippen LogP contribution in [-0.4, -0.2) is 32.5 Å². The number of carbonyl (C=O) groups is 1. The molecule has 4 aromatic rings. The van der Waals surface area contributed by atoms with E-state index in [1.807, 2.05) is 0 Å². The summed E-state index contributed by atoms with van der Waals surface area (Å²) in [6.07, 6.45) is -7.73. The van der Waals surface area contributed by atoms with E-state index < -0.39 is 35.2 Å². The van der Waals surface area contributed by atoms with Crippen LogP contribution in [0.3, 0.4) is 0 Å². The summed E-state index contributed by atoms with van der Waals surface area (Å²) < 4.78 is 86.0. The zero-order chi connectivity index (χ0) is 24.7. The van der Waals surface area contributed by atoms with Gasteiger partial charge < -0.3 is 10.1 Å². The zero-order valence-corrected chi connectivity index (χ0v) is 17.1. The Hall–Kier alpha value is -4.16. The smallest absolute Gasteiger partial charge is 0.450 e. The van der Waals surface area contributed by atoms with Crippen LogP contribution in [-0.2, 0) is 12.4 Å². The van der Waals surface area contributed by atoms with Crippen LogP contribution in [0.5, 0.6) is 5.75 Å². The number of benzene rings is 2. The topological polar surface area (TPSA) is 81.9 Å². The molecule has 4 rings (SSSR count). The van der Waals surface area contributed by atoms with Crippen LogP contribution in [0.2, 0.25) is 0 Å². The van der Waals surface area contributed by atoms with Gasteiger partial charge in [0.15, 0.2) is 11.6 Å². The number of amides is 1. The van der Waals surface area contributed by atoms with Crippen LogP contribution in [0.4, 0.5) is 32.2 Å². The number of halogens is 6. The summed E-state index contributed by atoms with van der Waals surface area (Å²) in [4.78, 5) is 23.7. The molecule has 0 fully saturated rings. The Morgan fingerprint density at radius 3 is 2.32 bits per heavy atom. The average Bonchev–Trinajstić information content (AvgIpc) is 3.18. The Bertz CT molecular complexity index is 1360. The number of hydrogen-bond donors (Lipinski definition) is 1. The Morgan fingerprint density at radius 1 is 0.971 bits per heavy atom. The van der Waals surface area contributed by atoms with Gasteiger partial charge in [-0.1, -0.05) is 12.1 Å². The van der Waals surface area contributed by atoms with E-state index in [1.165, 1.54) is 31.4 Å². The third kappa shape index (κ3) is 4.36. The van der Waals surface area contributed by atoms with Crippen LogP contribution >= 0.6 is 0 Å². The number of aromatic nitrogens is 4. The third-order valence-electron chi connectivity index (χ3n) is 4.70. The van der Waals surface area contributed by atoms with Crippen LogP contribution in [0.1, 0.15) is 21.7 Å². The second-order valence-corrected chi connectivity index (χ2v) is 6.88. The van der Waals surface area contributed by atoms with Gasteiger partial charge in [0.2, 0.25) is 5.82 Å². The highest BCUT2D eigenvalue weighted by Crippen LogP contribution is 2.35. The number of fused-ring (bicyclic) bond motifs is 1. The van der Waals surface area contributed by atoms with E-state index in [2.05, 4.69) is 20.3 Å². The number of rotatable bonds is 4. The molecular weight excluding hydrogens is 468 g/mol. The maximum absolute atomic E-state index is 13.6. The summed E-state index contributed by atoms with van der Waals surface area (Å²) in [5, 5.41) is 2.16. The van der Waals surface area contributed by atoms with E-state index in [0.717, 1.165) is 35.2 Å². The Balaban J connectivity index is 1.68. The van der Waals surface area contributed by atoms with Gasteiger partial charge in [-0.05, 0) is 24.3 Å². The summed E-state index contributed by atoms with van der Waals surface area (Å²) in [6, 6.07) is 8.26. The second kappa shape index (κ2) is 8.32. The quantitative estimate of drug-likeness (QED) is 0.410. The molecular formula is C21H13F6N5O2. The maximum Gasteiger partial charge on any atom is 0.450 e. The molecule has 1 amide bonds. The van der Waals surface area contributed by atoms with E-state index in [1.54, 1.807) is 0 Å². The van der Waals surface area contributed by atoms with Gasteiger partial charge in [0.1, 0.15) is 5.75 Å². The molecule has 2 aromatic carbocycles. The van der Waals surface area contributed by atoms with Gasteiger partial charge in [-0.3, -0.25) is 9.36 Å². The number of nitrogens with one attached hydrogen (secondary N) is 1. The predicted octanol–water partition coefficient (Wildman–Crippen LogP) is 5.11. The summed E-state index contributed by atoms with van der Waals surface area (Å²) >= 11 is 0. The van der Waals surface area contributed by atoms with Crippen molar-refractivity contribution in [3.05, 3.63) is 71.8 Å². The van der Waals surface area contributed by atoms with Gasteiger partial charge in [0.25, 0.3) is 5.91 Å². The third-order valence-corrected chi connectivity index (χ3v) is 4.70. The molecule has 2 aromatic heterocycles. The maximum atomic E-state index is 13.6. The molecule has 0 atom stereocenters. The van der Waals surface area contributed by atoms with E-state index in [-0.39, 0.29) is 22.7 Å². The number of ether oxygens (including phenoxy) is 1. The molecule has 0 aliphatic carbocycles. The SMILES string of the molecule is COc1ccc2c(c1)nc(C(F)(F)F)n2-c1cnc(NC(=O)c2ccccc2C(F)(F)F)cn1. The first-order valence-electron chi connectivity index (χ1n) is 9.42. The average molecular weight is 481 g/mol. The standard InChI is InChI=1S/C21H13F6N5O2/c1-34-11-6-7-15-14(8-11)30-19(21(25,26)27)32(15)17-10-28-16(9-29-17)31-18(33)12-4-2-3-5-13(12)20(22,23)24/h2-10H,1H3,(H,28,31,33). The summed E-state index contributed by atoms with van der Waals surface area (Å²) in [5.41, 5.74) is -1.73. The summed E-state index contributed by atoms with van der Waals surface area (Å²) in [5.74, 6) is -2.60. The van der Waals surface area contributed by atoms with E-state index in [0.29, 0.717) is 5.75 Å². The molecule has 7 nitrogen and oxygen atoms in total. The number of imidazole rings is 1. The van der Waals surface area contributed by atoms with Gasteiger partial charge in [-0.2, -0.15) is 26.3 Å². The lowest BCUT2D eigenvalue weighted by Gasteiger charge is -2.13. The fourth-order valence-corrected chi connectivity index (χ4v) is 3.22. The Kier molecular flexibility index (Phi) is 5.63. The molecule has 0 bridgehead atoms. The Morgan fingerprint density at radius 2 is 1.71 bits per heavy atom. The molecule has 1 N–H and O–H groups in total. The van der Waals surface area contributed by atoms with E-state index >= 15 is 0 Å². The number of nitrogens with zero attached hydrogens (tertiary/aromatic N) is 4. The molecule has 0 radical (unpaired) electrons. The number of alkyl halides is 6. The Labute approximate surface area is 187 Å². The summed E-state index contributed by atoms with van der Waals surface area (Å²) in [6.45, 7) is 0. The van der Waals surface area contributed by atoms with Crippen molar-refractivity contribution in [2.24, 2.45) is 0 Å². The van der Waals surface area contributed by atoms with Crippen molar-refractivity contribution >= 4 is 22.8 Å².